The maximum absolute atomic E-state index is 10.8. The van der Waals surface area contributed by atoms with Crippen LogP contribution in [-0.4, -0.2) is 15.8 Å². The van der Waals surface area contributed by atoms with Crippen LogP contribution in [0, 0.1) is 10.1 Å². The summed E-state index contributed by atoms with van der Waals surface area (Å²) in [5.74, 6) is 0.674. The third-order valence-corrected chi connectivity index (χ3v) is 3.16. The van der Waals surface area contributed by atoms with Gasteiger partial charge in [-0.2, -0.15) is 0 Å². The number of nitrogens with zero attached hydrogens (tertiary/aromatic N) is 1. The molecule has 0 atom stereocenters. The van der Waals surface area contributed by atoms with Crippen molar-refractivity contribution >= 4 is 40.2 Å². The molecule has 4 nitrogen and oxygen atoms in total. The first-order valence-corrected chi connectivity index (χ1v) is 6.61. The van der Waals surface area contributed by atoms with E-state index >= 15 is 0 Å². The molecule has 0 aliphatic carbocycles. The summed E-state index contributed by atoms with van der Waals surface area (Å²) in [5.41, 5.74) is 0.496. The van der Waals surface area contributed by atoms with E-state index in [0.29, 0.717) is 22.8 Å². The van der Waals surface area contributed by atoms with Crippen LogP contribution >= 0.6 is 23.4 Å². The summed E-state index contributed by atoms with van der Waals surface area (Å²) >= 11 is 6.94. The molecule has 96 valence electrons. The molecule has 0 bridgehead atoms. The van der Waals surface area contributed by atoms with Crippen LogP contribution in [0.2, 0.25) is 5.02 Å². The summed E-state index contributed by atoms with van der Waals surface area (Å²) in [6, 6.07) is 4.54. The predicted molar refractivity (Wildman–Crippen MR) is 74.9 cm³/mol. The van der Waals surface area contributed by atoms with Crippen molar-refractivity contribution < 1.29 is 9.72 Å². The highest BCUT2D eigenvalue weighted by atomic mass is 35.5. The lowest BCUT2D eigenvalue weighted by molar-refractivity contribution is -0.385. The zero-order valence-electron chi connectivity index (χ0n) is 9.76. The van der Waals surface area contributed by atoms with Crippen molar-refractivity contribution in [2.24, 2.45) is 0 Å². The number of carbonyl (C=O) groups is 1. The van der Waals surface area contributed by atoms with Gasteiger partial charge in [0.15, 0.2) is 5.12 Å². The van der Waals surface area contributed by atoms with Gasteiger partial charge in [-0.15, -0.1) is 0 Å². The number of hydrogen-bond acceptors (Lipinski definition) is 4. The number of carbonyl (C=O) groups excluding carboxylic acids is 1. The smallest absolute Gasteiger partial charge is 0.278 e. The van der Waals surface area contributed by atoms with Gasteiger partial charge < -0.3 is 0 Å². The second-order valence-electron chi connectivity index (χ2n) is 3.49. The Morgan fingerprint density at radius 1 is 1.56 bits per heavy atom. The van der Waals surface area contributed by atoms with Crippen molar-refractivity contribution in [2.75, 3.05) is 5.75 Å². The monoisotopic (exact) mass is 285 g/mol. The van der Waals surface area contributed by atoms with Gasteiger partial charge in [0.05, 0.1) is 10.5 Å². The summed E-state index contributed by atoms with van der Waals surface area (Å²) in [7, 11) is 0. The molecule has 0 saturated carbocycles. The van der Waals surface area contributed by atoms with Crippen LogP contribution in [0.25, 0.3) is 6.08 Å². The van der Waals surface area contributed by atoms with Gasteiger partial charge in [-0.3, -0.25) is 14.9 Å². The van der Waals surface area contributed by atoms with Gasteiger partial charge >= 0.3 is 0 Å². The number of nitro benzene ring substituents is 1. The summed E-state index contributed by atoms with van der Waals surface area (Å²) in [5, 5.41) is 11.2. The van der Waals surface area contributed by atoms with Gasteiger partial charge in [0.25, 0.3) is 5.69 Å². The molecule has 1 rings (SSSR count). The fraction of sp³-hybridized carbons (Fsp3) is 0.250. The number of rotatable bonds is 5. The van der Waals surface area contributed by atoms with Crippen LogP contribution in [0.4, 0.5) is 5.69 Å². The maximum atomic E-state index is 10.8. The number of nitro groups is 1. The van der Waals surface area contributed by atoms with E-state index in [1.807, 2.05) is 6.08 Å². The minimum Gasteiger partial charge on any atom is -0.288 e. The van der Waals surface area contributed by atoms with Crippen molar-refractivity contribution in [1.82, 2.24) is 0 Å². The molecule has 0 fully saturated rings. The molecular formula is C12H12ClNO3S. The second kappa shape index (κ2) is 7.18. The van der Waals surface area contributed by atoms with Crippen molar-refractivity contribution in [3.8, 4) is 0 Å². The van der Waals surface area contributed by atoms with E-state index in [-0.39, 0.29) is 10.8 Å². The second-order valence-corrected chi connectivity index (χ2v) is 5.20. The maximum Gasteiger partial charge on any atom is 0.278 e. The average Bonchev–Trinajstić information content (AvgIpc) is 2.29. The van der Waals surface area contributed by atoms with Crippen LogP contribution in [-0.2, 0) is 4.79 Å². The molecule has 0 aliphatic rings. The zero-order chi connectivity index (χ0) is 13.5. The van der Waals surface area contributed by atoms with E-state index in [4.69, 9.17) is 11.6 Å². The van der Waals surface area contributed by atoms with Crippen LogP contribution in [0.3, 0.4) is 0 Å². The first-order chi connectivity index (χ1) is 8.50. The van der Waals surface area contributed by atoms with Gasteiger partial charge in [-0.05, 0) is 18.6 Å². The van der Waals surface area contributed by atoms with E-state index in [1.54, 1.807) is 18.2 Å². The molecular weight excluding hydrogens is 274 g/mol. The van der Waals surface area contributed by atoms with E-state index < -0.39 is 4.92 Å². The van der Waals surface area contributed by atoms with Gasteiger partial charge in [-0.1, -0.05) is 35.5 Å². The first kappa shape index (κ1) is 14.7. The lowest BCUT2D eigenvalue weighted by atomic mass is 10.1. The molecule has 0 N–H and O–H groups in total. The minimum absolute atomic E-state index is 0.0158. The molecule has 0 saturated heterocycles. The standard InChI is InChI=1S/C12H12ClNO3S/c1-9(15)18-7-3-2-4-10-5-6-11(13)8-12(10)14(16)17/h2,4-6,8H,3,7H2,1H3. The fourth-order valence-corrected chi connectivity index (χ4v) is 2.00. The van der Waals surface area contributed by atoms with Crippen molar-refractivity contribution in [1.29, 1.82) is 0 Å². The Morgan fingerprint density at radius 2 is 2.28 bits per heavy atom. The molecule has 0 spiro atoms. The largest absolute Gasteiger partial charge is 0.288 e. The first-order valence-electron chi connectivity index (χ1n) is 5.24. The highest BCUT2D eigenvalue weighted by Gasteiger charge is 2.11. The molecule has 1 aromatic rings. The molecule has 0 unspecified atom stereocenters. The van der Waals surface area contributed by atoms with Crippen molar-refractivity contribution in [3.05, 3.63) is 45.0 Å². The summed E-state index contributed by atoms with van der Waals surface area (Å²) in [4.78, 5) is 21.0. The van der Waals surface area contributed by atoms with E-state index in [9.17, 15) is 14.9 Å². The number of hydrogen-bond donors (Lipinski definition) is 0. The summed E-state index contributed by atoms with van der Waals surface area (Å²) in [6.07, 6.45) is 4.17. The third-order valence-electron chi connectivity index (χ3n) is 2.08. The highest BCUT2D eigenvalue weighted by molar-refractivity contribution is 8.13. The Balaban J connectivity index is 2.69. The van der Waals surface area contributed by atoms with Gasteiger partial charge in [-0.25, -0.2) is 0 Å². The topological polar surface area (TPSA) is 60.2 Å². The molecule has 1 aromatic carbocycles. The van der Waals surface area contributed by atoms with Crippen LogP contribution < -0.4 is 0 Å². The Hall–Kier alpha value is -1.33. The van der Waals surface area contributed by atoms with Crippen LogP contribution in [0.15, 0.2) is 24.3 Å². The zero-order valence-corrected chi connectivity index (χ0v) is 11.3. The van der Waals surface area contributed by atoms with E-state index in [2.05, 4.69) is 0 Å². The van der Waals surface area contributed by atoms with Crippen LogP contribution in [0.5, 0.6) is 0 Å². The Labute approximate surface area is 114 Å². The normalized spacial score (nSPS) is 10.8. The summed E-state index contributed by atoms with van der Waals surface area (Å²) in [6.45, 7) is 1.51. The molecule has 0 aromatic heterocycles. The fourth-order valence-electron chi connectivity index (χ4n) is 1.30. The SMILES string of the molecule is CC(=O)SCCC=Cc1ccc(Cl)cc1[N+](=O)[O-]. The van der Waals surface area contributed by atoms with E-state index in [1.165, 1.54) is 24.8 Å². The molecule has 0 heterocycles. The minimum atomic E-state index is -0.462. The molecule has 18 heavy (non-hydrogen) atoms. The lowest BCUT2D eigenvalue weighted by Gasteiger charge is -1.98. The Bertz CT molecular complexity index is 488. The summed E-state index contributed by atoms with van der Waals surface area (Å²) < 4.78 is 0. The predicted octanol–water partition coefficient (Wildman–Crippen LogP) is 3.93. The number of thioether (sulfide) groups is 1. The molecule has 0 radical (unpaired) electrons. The number of allylic oxidation sites excluding steroid dienone is 1. The Morgan fingerprint density at radius 3 is 2.89 bits per heavy atom. The molecule has 0 amide bonds. The third kappa shape index (κ3) is 4.89. The average molecular weight is 286 g/mol. The number of benzene rings is 1. The molecule has 0 aliphatic heterocycles. The van der Waals surface area contributed by atoms with Crippen molar-refractivity contribution in [2.45, 2.75) is 13.3 Å². The molecule has 6 heteroatoms. The van der Waals surface area contributed by atoms with E-state index in [0.717, 1.165) is 0 Å². The van der Waals surface area contributed by atoms with Gasteiger partial charge in [0, 0.05) is 23.8 Å². The lowest BCUT2D eigenvalue weighted by Crippen LogP contribution is -1.91. The van der Waals surface area contributed by atoms with Crippen molar-refractivity contribution in [3.63, 3.8) is 0 Å². The van der Waals surface area contributed by atoms with Crippen LogP contribution in [0.1, 0.15) is 18.9 Å². The Kier molecular flexibility index (Phi) is 5.88. The quantitative estimate of drug-likeness (QED) is 0.467. The van der Waals surface area contributed by atoms with Gasteiger partial charge in [0.2, 0.25) is 0 Å². The highest BCUT2D eigenvalue weighted by Crippen LogP contribution is 2.24. The van der Waals surface area contributed by atoms with Gasteiger partial charge in [0.1, 0.15) is 0 Å². The number of halogens is 1.